The molecule has 46 heavy (non-hydrogen) atoms. The Balaban J connectivity index is 1.52. The minimum Gasteiger partial charge on any atom is -0.307 e. The van der Waals surface area contributed by atoms with Gasteiger partial charge >= 0.3 is 0 Å². The second-order valence-corrected chi connectivity index (χ2v) is 12.3. The summed E-state index contributed by atoms with van der Waals surface area (Å²) >= 11 is 0. The normalized spacial score (nSPS) is 11.4. The van der Waals surface area contributed by atoms with E-state index in [0.29, 0.717) is 16.7 Å². The first-order chi connectivity index (χ1) is 22.4. The van der Waals surface area contributed by atoms with Crippen molar-refractivity contribution in [3.63, 3.8) is 0 Å². The fourth-order valence-corrected chi connectivity index (χ4v) is 6.95. The van der Waals surface area contributed by atoms with Gasteiger partial charge in [0.2, 0.25) is 0 Å². The summed E-state index contributed by atoms with van der Waals surface area (Å²) in [4.78, 5) is 5.15. The van der Waals surface area contributed by atoms with E-state index >= 15 is 0 Å². The number of rotatable bonds is 3. The number of aryl methyl sites for hydroxylation is 4. The monoisotopic (exact) mass is 591 g/mol. The van der Waals surface area contributed by atoms with E-state index in [1.165, 1.54) is 33.0 Å². The van der Waals surface area contributed by atoms with Crippen molar-refractivity contribution in [2.75, 3.05) is 0 Å². The standard InChI is InChI=1S/C41H29N5/c1-24-8-12-36-30(16-24)31-17-25(2)9-13-37(31)45(36)40-23-44-41(20-34(40)29-7-5-6-28(21-42)35(29)22-43)46-38-14-10-26(3)18-32(38)33-19-27(4)11-15-39(33)46/h5-20,23H,1-4H3. The molecule has 0 radical (unpaired) electrons. The van der Waals surface area contributed by atoms with Crippen LogP contribution in [0.25, 0.3) is 66.2 Å². The summed E-state index contributed by atoms with van der Waals surface area (Å²) in [7, 11) is 0. The average Bonchev–Trinajstić information content (AvgIpc) is 3.55. The predicted molar refractivity (Wildman–Crippen MR) is 187 cm³/mol. The molecule has 0 saturated carbocycles. The molecule has 0 bridgehead atoms. The molecule has 0 aliphatic rings. The summed E-state index contributed by atoms with van der Waals surface area (Å²) in [5.74, 6) is 0.741. The molecule has 3 heterocycles. The lowest BCUT2D eigenvalue weighted by atomic mass is 9.95. The second kappa shape index (κ2) is 10.2. The van der Waals surface area contributed by atoms with E-state index in [2.05, 4.69) is 128 Å². The number of nitriles is 2. The van der Waals surface area contributed by atoms with Crippen LogP contribution in [-0.2, 0) is 0 Å². The van der Waals surface area contributed by atoms with Gasteiger partial charge in [0.15, 0.2) is 0 Å². The Kier molecular flexibility index (Phi) is 6.07. The van der Waals surface area contributed by atoms with E-state index < -0.39 is 0 Å². The number of hydrogen-bond donors (Lipinski definition) is 0. The molecule has 3 aromatic heterocycles. The van der Waals surface area contributed by atoms with Gasteiger partial charge < -0.3 is 4.57 Å². The zero-order chi connectivity index (χ0) is 31.7. The van der Waals surface area contributed by atoms with Crippen LogP contribution in [0.15, 0.2) is 103 Å². The van der Waals surface area contributed by atoms with Crippen LogP contribution >= 0.6 is 0 Å². The third-order valence-electron chi connectivity index (χ3n) is 9.08. The van der Waals surface area contributed by atoms with Crippen LogP contribution in [0, 0.1) is 50.4 Å². The highest BCUT2D eigenvalue weighted by atomic mass is 15.1. The van der Waals surface area contributed by atoms with Gasteiger partial charge in [0.1, 0.15) is 18.0 Å². The maximum absolute atomic E-state index is 10.4. The number of aromatic nitrogens is 3. The highest BCUT2D eigenvalue weighted by Crippen LogP contribution is 2.40. The number of fused-ring (bicyclic) bond motifs is 6. The van der Waals surface area contributed by atoms with Crippen molar-refractivity contribution >= 4 is 43.6 Å². The summed E-state index contributed by atoms with van der Waals surface area (Å²) in [6, 6.07) is 38.2. The van der Waals surface area contributed by atoms with E-state index in [1.54, 1.807) is 6.07 Å². The third-order valence-corrected chi connectivity index (χ3v) is 9.08. The maximum atomic E-state index is 10.4. The molecule has 0 aliphatic carbocycles. The van der Waals surface area contributed by atoms with Gasteiger partial charge in [-0.05, 0) is 88.4 Å². The van der Waals surface area contributed by atoms with Crippen LogP contribution in [0.2, 0.25) is 0 Å². The molecular formula is C41H29N5. The molecule has 0 fully saturated rings. The van der Waals surface area contributed by atoms with Crippen molar-refractivity contribution in [1.82, 2.24) is 14.1 Å². The maximum Gasteiger partial charge on any atom is 0.138 e. The lowest BCUT2D eigenvalue weighted by Crippen LogP contribution is -2.04. The largest absolute Gasteiger partial charge is 0.307 e. The molecule has 0 amide bonds. The van der Waals surface area contributed by atoms with Gasteiger partial charge in [-0.25, -0.2) is 4.98 Å². The minimum atomic E-state index is 0.348. The van der Waals surface area contributed by atoms with Crippen LogP contribution in [0.3, 0.4) is 0 Å². The quantitative estimate of drug-likeness (QED) is 0.205. The number of nitrogens with zero attached hydrogens (tertiary/aromatic N) is 5. The molecule has 5 aromatic carbocycles. The Hall–Kier alpha value is -6.17. The van der Waals surface area contributed by atoms with Crippen LogP contribution in [0.4, 0.5) is 0 Å². The van der Waals surface area contributed by atoms with Crippen LogP contribution < -0.4 is 0 Å². The fraction of sp³-hybridized carbons (Fsp3) is 0.0976. The molecule has 218 valence electrons. The van der Waals surface area contributed by atoms with Crippen molar-refractivity contribution in [2.24, 2.45) is 0 Å². The Morgan fingerprint density at radius 1 is 0.522 bits per heavy atom. The summed E-state index contributed by atoms with van der Waals surface area (Å²) in [5, 5.41) is 25.0. The molecule has 5 nitrogen and oxygen atoms in total. The Bertz CT molecular complexity index is 2540. The van der Waals surface area contributed by atoms with Gasteiger partial charge in [-0.1, -0.05) is 58.7 Å². The van der Waals surface area contributed by atoms with Gasteiger partial charge in [-0.15, -0.1) is 0 Å². The minimum absolute atomic E-state index is 0.348. The Labute approximate surface area is 266 Å². The van der Waals surface area contributed by atoms with E-state index in [4.69, 9.17) is 4.98 Å². The Morgan fingerprint density at radius 3 is 1.46 bits per heavy atom. The topological polar surface area (TPSA) is 70.3 Å². The molecule has 0 atom stereocenters. The highest BCUT2D eigenvalue weighted by Gasteiger charge is 2.22. The predicted octanol–water partition coefficient (Wildman–Crippen LogP) is 9.92. The molecule has 8 rings (SSSR count). The molecule has 0 N–H and O–H groups in total. The SMILES string of the molecule is Cc1ccc2c(c1)c1cc(C)ccc1n2-c1cc(-c2cccc(C#N)c2C#N)c(-n2c3ccc(C)cc3c3cc(C)ccc32)cn1. The zero-order valence-corrected chi connectivity index (χ0v) is 26.1. The molecule has 5 heteroatoms. The smallest absolute Gasteiger partial charge is 0.138 e. The van der Waals surface area contributed by atoms with E-state index in [1.807, 2.05) is 18.3 Å². The summed E-state index contributed by atoms with van der Waals surface area (Å²) < 4.78 is 4.45. The van der Waals surface area contributed by atoms with Gasteiger partial charge in [0, 0.05) is 32.7 Å². The highest BCUT2D eigenvalue weighted by molar-refractivity contribution is 6.11. The molecule has 0 spiro atoms. The molecular weight excluding hydrogens is 562 g/mol. The molecule has 0 aliphatic heterocycles. The van der Waals surface area contributed by atoms with Crippen molar-refractivity contribution in [1.29, 1.82) is 10.5 Å². The van der Waals surface area contributed by atoms with Gasteiger partial charge in [0.05, 0.1) is 45.1 Å². The van der Waals surface area contributed by atoms with Crippen molar-refractivity contribution < 1.29 is 0 Å². The lowest BCUT2D eigenvalue weighted by molar-refractivity contribution is 1.05. The van der Waals surface area contributed by atoms with Crippen molar-refractivity contribution in [3.05, 3.63) is 137 Å². The summed E-state index contributed by atoms with van der Waals surface area (Å²) in [6.07, 6.45) is 1.92. The number of pyridine rings is 1. The zero-order valence-electron chi connectivity index (χ0n) is 26.1. The molecule has 0 saturated heterocycles. The Morgan fingerprint density at radius 2 is 1.00 bits per heavy atom. The van der Waals surface area contributed by atoms with E-state index in [0.717, 1.165) is 49.9 Å². The van der Waals surface area contributed by atoms with Gasteiger partial charge in [0.25, 0.3) is 0 Å². The molecule has 8 aromatic rings. The van der Waals surface area contributed by atoms with Gasteiger partial charge in [-0.3, -0.25) is 4.57 Å². The van der Waals surface area contributed by atoms with E-state index in [-0.39, 0.29) is 0 Å². The summed E-state index contributed by atoms with van der Waals surface area (Å²) in [5.41, 5.74) is 12.1. The number of benzene rings is 5. The third kappa shape index (κ3) is 4.03. The van der Waals surface area contributed by atoms with Gasteiger partial charge in [-0.2, -0.15) is 10.5 Å². The second-order valence-electron chi connectivity index (χ2n) is 12.3. The fourth-order valence-electron chi connectivity index (χ4n) is 6.95. The first-order valence-corrected chi connectivity index (χ1v) is 15.3. The van der Waals surface area contributed by atoms with Crippen LogP contribution in [-0.4, -0.2) is 14.1 Å². The van der Waals surface area contributed by atoms with Crippen LogP contribution in [0.5, 0.6) is 0 Å². The first-order valence-electron chi connectivity index (χ1n) is 15.3. The van der Waals surface area contributed by atoms with E-state index in [9.17, 15) is 10.5 Å². The first kappa shape index (κ1) is 27.4. The van der Waals surface area contributed by atoms with Crippen molar-refractivity contribution in [2.45, 2.75) is 27.7 Å². The lowest BCUT2D eigenvalue weighted by Gasteiger charge is -2.17. The summed E-state index contributed by atoms with van der Waals surface area (Å²) in [6.45, 7) is 8.46. The molecule has 0 unspecified atom stereocenters. The average molecular weight is 592 g/mol. The number of hydrogen-bond acceptors (Lipinski definition) is 3. The van der Waals surface area contributed by atoms with Crippen LogP contribution in [0.1, 0.15) is 33.4 Å². The van der Waals surface area contributed by atoms with Crippen molar-refractivity contribution in [3.8, 4) is 34.8 Å².